The van der Waals surface area contributed by atoms with Crippen LogP contribution in [0.15, 0.2) is 35.1 Å². The molecule has 0 N–H and O–H groups in total. The summed E-state index contributed by atoms with van der Waals surface area (Å²) in [5.74, 6) is 1.34. The van der Waals surface area contributed by atoms with Crippen LogP contribution in [-0.2, 0) is 17.8 Å². The molecule has 1 aliphatic rings. The topological polar surface area (TPSA) is 69.0 Å². The van der Waals surface area contributed by atoms with Crippen LogP contribution in [0.4, 0.5) is 0 Å². The van der Waals surface area contributed by atoms with Crippen molar-refractivity contribution in [1.29, 1.82) is 0 Å². The van der Waals surface area contributed by atoms with E-state index in [0.29, 0.717) is 30.6 Å². The molecule has 32 heavy (non-hydrogen) atoms. The van der Waals surface area contributed by atoms with Gasteiger partial charge in [0.25, 0.3) is 5.56 Å². The number of hydrogen-bond donors (Lipinski definition) is 0. The van der Waals surface area contributed by atoms with Gasteiger partial charge in [0.05, 0.1) is 18.9 Å². The maximum Gasteiger partial charge on any atom is 0.275 e. The number of nitrogens with zero attached hydrogens (tertiary/aromatic N) is 4. The minimum absolute atomic E-state index is 0.101. The summed E-state index contributed by atoms with van der Waals surface area (Å²) in [4.78, 5) is 20.5. The fourth-order valence-electron chi connectivity index (χ4n) is 4.25. The van der Waals surface area contributed by atoms with E-state index in [1.807, 2.05) is 19.1 Å². The minimum Gasteiger partial charge on any atom is -0.494 e. The lowest BCUT2D eigenvalue weighted by Gasteiger charge is -2.21. The van der Waals surface area contributed by atoms with Crippen molar-refractivity contribution in [2.45, 2.75) is 58.0 Å². The van der Waals surface area contributed by atoms with E-state index in [0.717, 1.165) is 42.4 Å². The number of fused-ring (bicyclic) bond motifs is 1. The Kier molecular flexibility index (Phi) is 7.89. The largest absolute Gasteiger partial charge is 0.494 e. The second kappa shape index (κ2) is 11.0. The van der Waals surface area contributed by atoms with E-state index in [4.69, 9.17) is 14.5 Å². The maximum absolute atomic E-state index is 12.8. The van der Waals surface area contributed by atoms with Crippen molar-refractivity contribution in [1.82, 2.24) is 19.5 Å². The van der Waals surface area contributed by atoms with Crippen molar-refractivity contribution in [3.05, 3.63) is 57.0 Å². The van der Waals surface area contributed by atoms with E-state index in [9.17, 15) is 4.79 Å². The third-order valence-electron chi connectivity index (χ3n) is 5.91. The molecule has 1 aromatic carbocycles. The summed E-state index contributed by atoms with van der Waals surface area (Å²) in [6.45, 7) is 5.33. The van der Waals surface area contributed by atoms with Gasteiger partial charge in [-0.15, -0.1) is 0 Å². The molecule has 172 valence electrons. The second-order valence-corrected chi connectivity index (χ2v) is 9.32. The first-order chi connectivity index (χ1) is 15.7. The van der Waals surface area contributed by atoms with Crippen LogP contribution in [0.25, 0.3) is 4.96 Å². The SMILES string of the molecule is CCOc1ccc(CN(CCOC)Cc2cc(=O)n3nc(C4CCCCC4)sc3n2)cc1. The summed E-state index contributed by atoms with van der Waals surface area (Å²) in [6.07, 6.45) is 6.11. The molecule has 8 heteroatoms. The van der Waals surface area contributed by atoms with Crippen LogP contribution in [0, 0.1) is 0 Å². The monoisotopic (exact) mass is 456 g/mol. The van der Waals surface area contributed by atoms with Crippen LogP contribution in [-0.4, -0.2) is 46.4 Å². The molecule has 7 nitrogen and oxygen atoms in total. The highest BCUT2D eigenvalue weighted by Gasteiger charge is 2.21. The Balaban J connectivity index is 1.51. The number of benzene rings is 1. The Morgan fingerprint density at radius 2 is 1.94 bits per heavy atom. The Bertz CT molecular complexity index is 1060. The fraction of sp³-hybridized carbons (Fsp3) is 0.542. The molecule has 0 spiro atoms. The first kappa shape index (κ1) is 22.9. The highest BCUT2D eigenvalue weighted by atomic mass is 32.1. The van der Waals surface area contributed by atoms with E-state index in [-0.39, 0.29) is 5.56 Å². The third kappa shape index (κ3) is 5.74. The molecule has 3 aromatic rings. The zero-order chi connectivity index (χ0) is 22.3. The molecule has 0 radical (unpaired) electrons. The summed E-state index contributed by atoms with van der Waals surface area (Å²) < 4.78 is 12.3. The number of aromatic nitrogens is 3. The lowest BCUT2D eigenvalue weighted by molar-refractivity contribution is 0.139. The summed E-state index contributed by atoms with van der Waals surface area (Å²) >= 11 is 1.57. The predicted molar refractivity (Wildman–Crippen MR) is 127 cm³/mol. The van der Waals surface area contributed by atoms with Gasteiger partial charge in [-0.2, -0.15) is 9.61 Å². The maximum atomic E-state index is 12.8. The zero-order valence-corrected chi connectivity index (χ0v) is 19.8. The summed E-state index contributed by atoms with van der Waals surface area (Å²) in [5.41, 5.74) is 1.85. The average Bonchev–Trinajstić information content (AvgIpc) is 3.24. The summed E-state index contributed by atoms with van der Waals surface area (Å²) in [5, 5.41) is 5.66. The van der Waals surface area contributed by atoms with Crippen LogP contribution in [0.1, 0.15) is 61.2 Å². The Morgan fingerprint density at radius 3 is 2.66 bits per heavy atom. The third-order valence-corrected chi connectivity index (χ3v) is 6.98. The van der Waals surface area contributed by atoms with Crippen molar-refractivity contribution in [3.63, 3.8) is 0 Å². The molecule has 4 rings (SSSR count). The van der Waals surface area contributed by atoms with Crippen molar-refractivity contribution >= 4 is 16.3 Å². The standard InChI is InChI=1S/C24H32N4O3S/c1-3-31-21-11-9-18(10-12-21)16-27(13-14-30-2)17-20-15-22(29)28-24(25-20)32-23(26-28)19-7-5-4-6-8-19/h9-12,15,19H,3-8,13-14,16-17H2,1-2H3. The van der Waals surface area contributed by atoms with Gasteiger partial charge < -0.3 is 9.47 Å². The Hall–Kier alpha value is -2.29. The predicted octanol–water partition coefficient (Wildman–Crippen LogP) is 4.25. The molecular weight excluding hydrogens is 424 g/mol. The molecule has 1 fully saturated rings. The molecule has 0 saturated heterocycles. The van der Waals surface area contributed by atoms with Gasteiger partial charge >= 0.3 is 0 Å². The summed E-state index contributed by atoms with van der Waals surface area (Å²) in [7, 11) is 1.70. The van der Waals surface area contributed by atoms with E-state index in [1.165, 1.54) is 29.3 Å². The smallest absolute Gasteiger partial charge is 0.275 e. The molecular formula is C24H32N4O3S. The molecule has 2 heterocycles. The van der Waals surface area contributed by atoms with Crippen molar-refractivity contribution in [2.24, 2.45) is 0 Å². The lowest BCUT2D eigenvalue weighted by atomic mass is 9.90. The van der Waals surface area contributed by atoms with Gasteiger partial charge in [0.15, 0.2) is 0 Å². The van der Waals surface area contributed by atoms with Gasteiger partial charge in [-0.05, 0) is 37.5 Å². The quantitative estimate of drug-likeness (QED) is 0.454. The zero-order valence-electron chi connectivity index (χ0n) is 19.0. The molecule has 0 unspecified atom stereocenters. The van der Waals surface area contributed by atoms with Gasteiger partial charge in [-0.1, -0.05) is 42.7 Å². The van der Waals surface area contributed by atoms with Crippen molar-refractivity contribution in [2.75, 3.05) is 26.9 Å². The van der Waals surface area contributed by atoms with Gasteiger partial charge in [0.2, 0.25) is 4.96 Å². The molecule has 0 atom stereocenters. The fourth-order valence-corrected chi connectivity index (χ4v) is 5.34. The molecule has 0 aliphatic heterocycles. The molecule has 1 aliphatic carbocycles. The Labute approximate surface area is 193 Å². The number of hydrogen-bond acceptors (Lipinski definition) is 7. The van der Waals surface area contributed by atoms with E-state index < -0.39 is 0 Å². The van der Waals surface area contributed by atoms with Crippen LogP contribution in [0.3, 0.4) is 0 Å². The highest BCUT2D eigenvalue weighted by molar-refractivity contribution is 7.16. The van der Waals surface area contributed by atoms with Gasteiger partial charge in [0, 0.05) is 38.7 Å². The van der Waals surface area contributed by atoms with Crippen LogP contribution in [0.2, 0.25) is 0 Å². The number of rotatable bonds is 10. The van der Waals surface area contributed by atoms with Gasteiger partial charge in [-0.3, -0.25) is 9.69 Å². The van der Waals surface area contributed by atoms with Crippen molar-refractivity contribution < 1.29 is 9.47 Å². The summed E-state index contributed by atoms with van der Waals surface area (Å²) in [6, 6.07) is 9.77. The van der Waals surface area contributed by atoms with Crippen LogP contribution >= 0.6 is 11.3 Å². The minimum atomic E-state index is -0.101. The van der Waals surface area contributed by atoms with E-state index >= 15 is 0 Å². The molecule has 1 saturated carbocycles. The normalized spacial score (nSPS) is 15.0. The second-order valence-electron chi connectivity index (χ2n) is 8.34. The first-order valence-electron chi connectivity index (χ1n) is 11.5. The molecule has 2 aromatic heterocycles. The molecule has 0 amide bonds. The van der Waals surface area contributed by atoms with Gasteiger partial charge in [-0.25, -0.2) is 4.98 Å². The van der Waals surface area contributed by atoms with Crippen molar-refractivity contribution in [3.8, 4) is 5.75 Å². The molecule has 0 bridgehead atoms. The average molecular weight is 457 g/mol. The number of methoxy groups -OCH3 is 1. The van der Waals surface area contributed by atoms with Crippen LogP contribution in [0.5, 0.6) is 5.75 Å². The lowest BCUT2D eigenvalue weighted by Crippen LogP contribution is -2.28. The Morgan fingerprint density at radius 1 is 1.16 bits per heavy atom. The van der Waals surface area contributed by atoms with Crippen LogP contribution < -0.4 is 10.3 Å². The van der Waals surface area contributed by atoms with E-state index in [2.05, 4.69) is 22.1 Å². The van der Waals surface area contributed by atoms with Gasteiger partial charge in [0.1, 0.15) is 10.8 Å². The highest BCUT2D eigenvalue weighted by Crippen LogP contribution is 2.34. The van der Waals surface area contributed by atoms with E-state index in [1.54, 1.807) is 24.5 Å². The number of ether oxygens (including phenoxy) is 2. The first-order valence-corrected chi connectivity index (χ1v) is 12.3.